The average molecular weight is 282 g/mol. The van der Waals surface area contributed by atoms with Crippen molar-refractivity contribution in [1.29, 1.82) is 0 Å². The predicted molar refractivity (Wildman–Crippen MR) is 74.4 cm³/mol. The number of aryl methyl sites for hydroxylation is 1. The molecule has 0 amide bonds. The van der Waals surface area contributed by atoms with E-state index >= 15 is 0 Å². The van der Waals surface area contributed by atoms with Gasteiger partial charge in [0.15, 0.2) is 0 Å². The first-order chi connectivity index (χ1) is 7.52. The highest BCUT2D eigenvalue weighted by molar-refractivity contribution is 9.08. The number of rotatable bonds is 2. The van der Waals surface area contributed by atoms with Crippen LogP contribution in [0.1, 0.15) is 31.4 Å². The van der Waals surface area contributed by atoms with Gasteiger partial charge in [0.2, 0.25) is 0 Å². The molecule has 1 aromatic rings. The molecule has 1 aromatic carbocycles. The van der Waals surface area contributed by atoms with E-state index in [1.807, 2.05) is 0 Å². The van der Waals surface area contributed by atoms with Crippen molar-refractivity contribution in [2.75, 3.05) is 18.0 Å². The summed E-state index contributed by atoms with van der Waals surface area (Å²) in [6.45, 7) is 9.31. The zero-order valence-electron chi connectivity index (χ0n) is 10.4. The van der Waals surface area contributed by atoms with Gasteiger partial charge in [0.05, 0.1) is 0 Å². The maximum Gasteiger partial charge on any atom is 0.0396 e. The minimum absolute atomic E-state index is 0.473. The second kappa shape index (κ2) is 4.40. The minimum atomic E-state index is 0.473. The zero-order chi connectivity index (χ0) is 11.8. The van der Waals surface area contributed by atoms with Crippen molar-refractivity contribution in [3.63, 3.8) is 0 Å². The van der Waals surface area contributed by atoms with Crippen LogP contribution in [0, 0.1) is 12.3 Å². The maximum atomic E-state index is 3.50. The van der Waals surface area contributed by atoms with Crippen LogP contribution in [-0.2, 0) is 5.33 Å². The standard InChI is InChI=1S/C14H20BrN/c1-11-8-12(9-15)4-5-13(11)16-7-6-14(2,3)10-16/h4-5,8H,6-7,9-10H2,1-3H3. The molecule has 0 atom stereocenters. The molecule has 0 N–H and O–H groups in total. The lowest BCUT2D eigenvalue weighted by Crippen LogP contribution is -2.23. The fraction of sp³-hybridized carbons (Fsp3) is 0.571. The number of anilines is 1. The molecule has 0 radical (unpaired) electrons. The molecule has 1 saturated heterocycles. The average Bonchev–Trinajstić information content (AvgIpc) is 2.58. The Labute approximate surface area is 107 Å². The van der Waals surface area contributed by atoms with Crippen molar-refractivity contribution in [2.24, 2.45) is 5.41 Å². The number of nitrogens with zero attached hydrogens (tertiary/aromatic N) is 1. The molecular weight excluding hydrogens is 262 g/mol. The molecule has 88 valence electrons. The number of alkyl halides is 1. The third kappa shape index (κ3) is 2.42. The molecule has 2 heteroatoms. The molecule has 0 aliphatic carbocycles. The molecule has 1 nitrogen and oxygen atoms in total. The van der Waals surface area contributed by atoms with Crippen LogP contribution >= 0.6 is 15.9 Å². The molecule has 1 aliphatic heterocycles. The Balaban J connectivity index is 2.22. The Kier molecular flexibility index (Phi) is 3.29. The Morgan fingerprint density at radius 2 is 2.12 bits per heavy atom. The molecule has 1 fully saturated rings. The Morgan fingerprint density at radius 3 is 2.62 bits per heavy atom. The van der Waals surface area contributed by atoms with Crippen molar-refractivity contribution in [3.8, 4) is 0 Å². The van der Waals surface area contributed by atoms with Crippen LogP contribution in [0.4, 0.5) is 5.69 Å². The summed E-state index contributed by atoms with van der Waals surface area (Å²) < 4.78 is 0. The second-order valence-corrected chi connectivity index (χ2v) is 6.15. The molecular formula is C14H20BrN. The first-order valence-corrected chi connectivity index (χ1v) is 7.04. The quantitative estimate of drug-likeness (QED) is 0.737. The zero-order valence-corrected chi connectivity index (χ0v) is 12.0. The van der Waals surface area contributed by atoms with E-state index in [9.17, 15) is 0 Å². The summed E-state index contributed by atoms with van der Waals surface area (Å²) in [4.78, 5) is 2.52. The van der Waals surface area contributed by atoms with Crippen LogP contribution in [0.25, 0.3) is 0 Å². The van der Waals surface area contributed by atoms with E-state index in [0.717, 1.165) is 5.33 Å². The lowest BCUT2D eigenvalue weighted by molar-refractivity contribution is 0.418. The van der Waals surface area contributed by atoms with Gasteiger partial charge < -0.3 is 4.90 Å². The number of hydrogen-bond acceptors (Lipinski definition) is 1. The van der Waals surface area contributed by atoms with Crippen molar-refractivity contribution >= 4 is 21.6 Å². The third-order valence-electron chi connectivity index (χ3n) is 3.43. The lowest BCUT2D eigenvalue weighted by Gasteiger charge is -2.23. The van der Waals surface area contributed by atoms with Gasteiger partial charge in [-0.15, -0.1) is 0 Å². The van der Waals surface area contributed by atoms with Crippen LogP contribution in [0.5, 0.6) is 0 Å². The van der Waals surface area contributed by atoms with Gasteiger partial charge in [0.1, 0.15) is 0 Å². The normalized spacial score (nSPS) is 19.1. The highest BCUT2D eigenvalue weighted by Crippen LogP contribution is 2.34. The molecule has 0 aromatic heterocycles. The molecule has 1 heterocycles. The predicted octanol–water partition coefficient (Wildman–Crippen LogP) is 4.13. The first-order valence-electron chi connectivity index (χ1n) is 5.92. The minimum Gasteiger partial charge on any atom is -0.371 e. The Hall–Kier alpha value is -0.500. The van der Waals surface area contributed by atoms with Crippen molar-refractivity contribution in [1.82, 2.24) is 0 Å². The summed E-state index contributed by atoms with van der Waals surface area (Å²) in [5.74, 6) is 0. The fourth-order valence-corrected chi connectivity index (χ4v) is 2.82. The molecule has 2 rings (SSSR count). The van der Waals surface area contributed by atoms with Gasteiger partial charge in [-0.1, -0.05) is 41.9 Å². The van der Waals surface area contributed by atoms with E-state index in [0.29, 0.717) is 5.41 Å². The molecule has 0 bridgehead atoms. The van der Waals surface area contributed by atoms with E-state index in [-0.39, 0.29) is 0 Å². The molecule has 0 unspecified atom stereocenters. The van der Waals surface area contributed by atoms with Gasteiger partial charge >= 0.3 is 0 Å². The van der Waals surface area contributed by atoms with Crippen LogP contribution in [0.2, 0.25) is 0 Å². The van der Waals surface area contributed by atoms with E-state index in [2.05, 4.69) is 59.8 Å². The molecule has 16 heavy (non-hydrogen) atoms. The highest BCUT2D eigenvalue weighted by Gasteiger charge is 2.29. The summed E-state index contributed by atoms with van der Waals surface area (Å²) in [5.41, 5.74) is 4.64. The summed E-state index contributed by atoms with van der Waals surface area (Å²) >= 11 is 3.50. The number of benzene rings is 1. The van der Waals surface area contributed by atoms with Gasteiger partial charge in [-0.05, 0) is 36.0 Å². The SMILES string of the molecule is Cc1cc(CBr)ccc1N1CCC(C)(C)C1. The topological polar surface area (TPSA) is 3.24 Å². The van der Waals surface area contributed by atoms with Crippen molar-refractivity contribution < 1.29 is 0 Å². The number of hydrogen-bond donors (Lipinski definition) is 0. The Bertz CT molecular complexity index is 384. The molecule has 1 aliphatic rings. The van der Waals surface area contributed by atoms with Crippen LogP contribution < -0.4 is 4.90 Å². The molecule has 0 spiro atoms. The summed E-state index contributed by atoms with van der Waals surface area (Å²) in [5, 5.41) is 0.944. The monoisotopic (exact) mass is 281 g/mol. The maximum absolute atomic E-state index is 3.50. The van der Waals surface area contributed by atoms with E-state index in [4.69, 9.17) is 0 Å². The van der Waals surface area contributed by atoms with Crippen molar-refractivity contribution in [2.45, 2.75) is 32.5 Å². The first kappa shape index (κ1) is 12.0. The van der Waals surface area contributed by atoms with Gasteiger partial charge in [0.25, 0.3) is 0 Å². The van der Waals surface area contributed by atoms with Gasteiger partial charge in [-0.2, -0.15) is 0 Å². The Morgan fingerprint density at radius 1 is 1.38 bits per heavy atom. The highest BCUT2D eigenvalue weighted by atomic mass is 79.9. The summed E-state index contributed by atoms with van der Waals surface area (Å²) in [6.07, 6.45) is 1.30. The second-order valence-electron chi connectivity index (χ2n) is 5.59. The van der Waals surface area contributed by atoms with Gasteiger partial charge in [-0.3, -0.25) is 0 Å². The largest absolute Gasteiger partial charge is 0.371 e. The van der Waals surface area contributed by atoms with Crippen LogP contribution in [0.3, 0.4) is 0 Å². The summed E-state index contributed by atoms with van der Waals surface area (Å²) in [7, 11) is 0. The fourth-order valence-electron chi connectivity index (χ4n) is 2.47. The van der Waals surface area contributed by atoms with Crippen LogP contribution in [0.15, 0.2) is 18.2 Å². The van der Waals surface area contributed by atoms with Gasteiger partial charge in [-0.25, -0.2) is 0 Å². The van der Waals surface area contributed by atoms with Crippen molar-refractivity contribution in [3.05, 3.63) is 29.3 Å². The summed E-state index contributed by atoms with van der Waals surface area (Å²) in [6, 6.07) is 6.78. The smallest absolute Gasteiger partial charge is 0.0396 e. The van der Waals surface area contributed by atoms with E-state index < -0.39 is 0 Å². The van der Waals surface area contributed by atoms with Crippen LogP contribution in [-0.4, -0.2) is 13.1 Å². The molecule has 0 saturated carbocycles. The van der Waals surface area contributed by atoms with E-state index in [1.54, 1.807) is 0 Å². The lowest BCUT2D eigenvalue weighted by atomic mass is 9.93. The van der Waals surface area contributed by atoms with E-state index in [1.165, 1.54) is 36.3 Å². The number of halogens is 1. The third-order valence-corrected chi connectivity index (χ3v) is 4.08. The van der Waals surface area contributed by atoms with Gasteiger partial charge in [0, 0.05) is 24.1 Å².